The molecule has 0 fully saturated rings. The van der Waals surface area contributed by atoms with E-state index >= 15 is 0 Å². The van der Waals surface area contributed by atoms with Crippen molar-refractivity contribution >= 4 is 23.4 Å². The van der Waals surface area contributed by atoms with Gasteiger partial charge in [0.15, 0.2) is 11.5 Å². The molecule has 0 saturated heterocycles. The summed E-state index contributed by atoms with van der Waals surface area (Å²) in [5.41, 5.74) is 6.38. The van der Waals surface area contributed by atoms with Crippen molar-refractivity contribution in [1.82, 2.24) is 4.98 Å². The second-order valence-electron chi connectivity index (χ2n) is 3.63. The van der Waals surface area contributed by atoms with Gasteiger partial charge in [-0.2, -0.15) is 4.98 Å². The largest absolute Gasteiger partial charge is 0.496 e. The number of oxazole rings is 1. The molecule has 2 N–H and O–H groups in total. The highest BCUT2D eigenvalue weighted by atomic mass is 35.5. The number of methoxy groups -OCH3 is 1. The van der Waals surface area contributed by atoms with Gasteiger partial charge in [-0.3, -0.25) is 4.79 Å². The smallest absolute Gasteiger partial charge is 0.293 e. The van der Waals surface area contributed by atoms with Crippen molar-refractivity contribution in [1.29, 1.82) is 0 Å². The molecular weight excluding hydrogens is 256 g/mol. The zero-order valence-electron chi connectivity index (χ0n) is 9.86. The lowest BCUT2D eigenvalue weighted by molar-refractivity contribution is 0.0989. The summed E-state index contributed by atoms with van der Waals surface area (Å²) in [4.78, 5) is 15.5. The number of carbonyl (C=O) groups excluding carboxylic acids is 1. The fraction of sp³-hybridized carbons (Fsp3) is 0.167. The third-order valence-electron chi connectivity index (χ3n) is 2.38. The Labute approximate surface area is 109 Å². The Morgan fingerprint density at radius 3 is 2.83 bits per heavy atom. The van der Waals surface area contributed by atoms with Gasteiger partial charge in [0.1, 0.15) is 11.4 Å². The zero-order valence-corrected chi connectivity index (χ0v) is 10.6. The fourth-order valence-electron chi connectivity index (χ4n) is 1.62. The van der Waals surface area contributed by atoms with Crippen LogP contribution < -0.4 is 10.5 Å². The number of carbonyl (C=O) groups is 1. The van der Waals surface area contributed by atoms with Crippen molar-refractivity contribution in [3.8, 4) is 17.0 Å². The number of hydrogen-bond donors (Lipinski definition) is 1. The number of nitrogens with zero attached hydrogens (tertiary/aromatic N) is 1. The molecule has 94 valence electrons. The Hall–Kier alpha value is -2.01. The molecule has 0 aliphatic rings. The molecule has 0 saturated carbocycles. The first kappa shape index (κ1) is 12.4. The van der Waals surface area contributed by atoms with E-state index in [1.54, 1.807) is 18.2 Å². The molecule has 18 heavy (non-hydrogen) atoms. The zero-order chi connectivity index (χ0) is 13.3. The van der Waals surface area contributed by atoms with Gasteiger partial charge in [-0.05, 0) is 18.2 Å². The maximum absolute atomic E-state index is 11.5. The van der Waals surface area contributed by atoms with Crippen LogP contribution in [0.1, 0.15) is 17.5 Å². The maximum Gasteiger partial charge on any atom is 0.293 e. The lowest BCUT2D eigenvalue weighted by Gasteiger charge is -2.06. The molecule has 1 aromatic carbocycles. The molecule has 2 rings (SSSR count). The van der Waals surface area contributed by atoms with E-state index in [4.69, 9.17) is 26.5 Å². The average molecular weight is 267 g/mol. The van der Waals surface area contributed by atoms with Crippen LogP contribution in [0.5, 0.6) is 5.75 Å². The number of benzene rings is 1. The summed E-state index contributed by atoms with van der Waals surface area (Å²) >= 11 is 5.93. The molecule has 0 bridgehead atoms. The molecule has 1 heterocycles. The van der Waals surface area contributed by atoms with E-state index in [1.807, 2.05) is 0 Å². The molecule has 0 aliphatic carbocycles. The summed E-state index contributed by atoms with van der Waals surface area (Å²) in [6.45, 7) is 1.38. The first-order chi connectivity index (χ1) is 8.52. The quantitative estimate of drug-likeness (QED) is 0.864. The van der Waals surface area contributed by atoms with Crippen LogP contribution >= 0.6 is 11.6 Å². The lowest BCUT2D eigenvalue weighted by atomic mass is 10.1. The number of nitrogen functional groups attached to an aromatic ring is 1. The molecular formula is C12H11ClN2O3. The van der Waals surface area contributed by atoms with E-state index in [-0.39, 0.29) is 17.6 Å². The van der Waals surface area contributed by atoms with Crippen LogP contribution in [0.2, 0.25) is 5.02 Å². The van der Waals surface area contributed by atoms with Crippen molar-refractivity contribution in [2.45, 2.75) is 6.92 Å². The molecule has 0 atom stereocenters. The van der Waals surface area contributed by atoms with Crippen molar-refractivity contribution in [3.05, 3.63) is 29.0 Å². The second kappa shape index (κ2) is 4.70. The second-order valence-corrected chi connectivity index (χ2v) is 4.07. The van der Waals surface area contributed by atoms with Gasteiger partial charge in [0.2, 0.25) is 0 Å². The van der Waals surface area contributed by atoms with Crippen LogP contribution in [0.4, 0.5) is 6.01 Å². The van der Waals surface area contributed by atoms with Crippen LogP contribution in [0.15, 0.2) is 22.6 Å². The lowest BCUT2D eigenvalue weighted by Crippen LogP contribution is -1.95. The van der Waals surface area contributed by atoms with Crippen LogP contribution in [-0.4, -0.2) is 17.9 Å². The predicted molar refractivity (Wildman–Crippen MR) is 67.9 cm³/mol. The number of ether oxygens (including phenoxy) is 1. The molecule has 2 aromatic rings. The topological polar surface area (TPSA) is 78.3 Å². The number of hydrogen-bond acceptors (Lipinski definition) is 5. The van der Waals surface area contributed by atoms with E-state index in [1.165, 1.54) is 14.0 Å². The number of aromatic nitrogens is 1. The van der Waals surface area contributed by atoms with Crippen LogP contribution in [0.3, 0.4) is 0 Å². The minimum absolute atomic E-state index is 0.0720. The molecule has 0 amide bonds. The summed E-state index contributed by atoms with van der Waals surface area (Å²) in [5.74, 6) is 0.361. The molecule has 0 aliphatic heterocycles. The normalized spacial score (nSPS) is 10.4. The monoisotopic (exact) mass is 266 g/mol. The summed E-state index contributed by atoms with van der Waals surface area (Å²) in [5, 5.41) is 0.502. The minimum Gasteiger partial charge on any atom is -0.496 e. The number of ketones is 1. The van der Waals surface area contributed by atoms with Crippen LogP contribution in [-0.2, 0) is 0 Å². The SMILES string of the molecule is COc1ccc(Cl)cc1-c1nc(N)oc1C(C)=O. The van der Waals surface area contributed by atoms with Gasteiger partial charge in [-0.1, -0.05) is 11.6 Å². The number of halogens is 1. The maximum atomic E-state index is 11.5. The summed E-state index contributed by atoms with van der Waals surface area (Å²) in [7, 11) is 1.52. The van der Waals surface area contributed by atoms with E-state index in [0.29, 0.717) is 22.0 Å². The summed E-state index contributed by atoms with van der Waals surface area (Å²) in [6.07, 6.45) is 0. The molecule has 5 nitrogen and oxygen atoms in total. The minimum atomic E-state index is -0.267. The molecule has 0 radical (unpaired) electrons. The van der Waals surface area contributed by atoms with Gasteiger partial charge in [0.05, 0.1) is 7.11 Å². The van der Waals surface area contributed by atoms with Crippen molar-refractivity contribution in [2.75, 3.05) is 12.8 Å². The van der Waals surface area contributed by atoms with E-state index in [9.17, 15) is 4.79 Å². The van der Waals surface area contributed by atoms with E-state index in [2.05, 4.69) is 4.98 Å². The van der Waals surface area contributed by atoms with Gasteiger partial charge in [0.25, 0.3) is 6.01 Å². The third kappa shape index (κ3) is 2.17. The number of rotatable bonds is 3. The molecule has 6 heteroatoms. The first-order valence-electron chi connectivity index (χ1n) is 5.14. The number of nitrogens with two attached hydrogens (primary N) is 1. The van der Waals surface area contributed by atoms with Gasteiger partial charge in [-0.15, -0.1) is 0 Å². The Bertz CT molecular complexity index is 607. The predicted octanol–water partition coefficient (Wildman–Crippen LogP) is 2.79. The molecule has 1 aromatic heterocycles. The van der Waals surface area contributed by atoms with Crippen molar-refractivity contribution in [2.24, 2.45) is 0 Å². The standard InChI is InChI=1S/C12H11ClN2O3/c1-6(16)11-10(15-12(14)18-11)8-5-7(13)3-4-9(8)17-2/h3-5H,1-2H3,(H2,14,15). The van der Waals surface area contributed by atoms with Crippen LogP contribution in [0.25, 0.3) is 11.3 Å². The average Bonchev–Trinajstić information content (AvgIpc) is 2.71. The van der Waals surface area contributed by atoms with Crippen LogP contribution in [0, 0.1) is 0 Å². The highest BCUT2D eigenvalue weighted by Gasteiger charge is 2.20. The highest BCUT2D eigenvalue weighted by Crippen LogP contribution is 2.34. The summed E-state index contributed by atoms with van der Waals surface area (Å²) in [6, 6.07) is 4.94. The fourth-order valence-corrected chi connectivity index (χ4v) is 1.80. The van der Waals surface area contributed by atoms with E-state index in [0.717, 1.165) is 0 Å². The Kier molecular flexibility index (Phi) is 3.25. The van der Waals surface area contributed by atoms with Gasteiger partial charge < -0.3 is 14.9 Å². The molecule has 0 unspecified atom stereocenters. The van der Waals surface area contributed by atoms with Crippen molar-refractivity contribution in [3.63, 3.8) is 0 Å². The van der Waals surface area contributed by atoms with Gasteiger partial charge >= 0.3 is 0 Å². The van der Waals surface area contributed by atoms with Gasteiger partial charge in [-0.25, -0.2) is 0 Å². The number of anilines is 1. The first-order valence-corrected chi connectivity index (χ1v) is 5.52. The Balaban J connectivity index is 2.68. The van der Waals surface area contributed by atoms with Crippen molar-refractivity contribution < 1.29 is 13.9 Å². The Morgan fingerprint density at radius 2 is 2.22 bits per heavy atom. The van der Waals surface area contributed by atoms with E-state index < -0.39 is 0 Å². The third-order valence-corrected chi connectivity index (χ3v) is 2.62. The Morgan fingerprint density at radius 1 is 1.50 bits per heavy atom. The highest BCUT2D eigenvalue weighted by molar-refractivity contribution is 6.31. The summed E-state index contributed by atoms with van der Waals surface area (Å²) < 4.78 is 10.3. The van der Waals surface area contributed by atoms with Gasteiger partial charge in [0, 0.05) is 17.5 Å². The number of Topliss-reactive ketones (excluding diaryl/α,β-unsaturated/α-hetero) is 1. The molecule has 0 spiro atoms.